The van der Waals surface area contributed by atoms with Gasteiger partial charge in [0.05, 0.1) is 0 Å². The Hall–Kier alpha value is -2.01. The molecule has 0 fully saturated rings. The van der Waals surface area contributed by atoms with E-state index < -0.39 is 0 Å². The summed E-state index contributed by atoms with van der Waals surface area (Å²) in [7, 11) is 0. The van der Waals surface area contributed by atoms with Crippen LogP contribution >= 0.6 is 12.2 Å². The van der Waals surface area contributed by atoms with E-state index in [0.717, 1.165) is 19.4 Å². The number of nitrogens with one attached hydrogen (secondary N) is 2. The molecule has 0 radical (unpaired) electrons. The molecule has 19 heavy (non-hydrogen) atoms. The van der Waals surface area contributed by atoms with E-state index in [1.807, 2.05) is 6.07 Å². The highest BCUT2D eigenvalue weighted by Crippen LogP contribution is 2.01. The summed E-state index contributed by atoms with van der Waals surface area (Å²) >= 11 is 5.16. The zero-order valence-electron chi connectivity index (χ0n) is 10.5. The highest BCUT2D eigenvalue weighted by molar-refractivity contribution is 7.80. The second-order valence-corrected chi connectivity index (χ2v) is 4.45. The summed E-state index contributed by atoms with van der Waals surface area (Å²) in [6.07, 6.45) is 5.42. The van der Waals surface area contributed by atoms with Crippen LogP contribution in [-0.4, -0.2) is 21.6 Å². The van der Waals surface area contributed by atoms with Crippen LogP contribution in [0.15, 0.2) is 48.8 Å². The fourth-order valence-electron chi connectivity index (χ4n) is 1.65. The second-order valence-electron chi connectivity index (χ2n) is 4.04. The Morgan fingerprint density at radius 1 is 1.05 bits per heavy atom. The van der Waals surface area contributed by atoms with Crippen LogP contribution in [0.5, 0.6) is 0 Å². The van der Waals surface area contributed by atoms with Gasteiger partial charge in [0.15, 0.2) is 5.11 Å². The number of aromatic nitrogens is 2. The summed E-state index contributed by atoms with van der Waals surface area (Å²) < 4.78 is 0. The van der Waals surface area contributed by atoms with Gasteiger partial charge in [-0.05, 0) is 36.7 Å². The van der Waals surface area contributed by atoms with E-state index in [1.165, 1.54) is 5.56 Å². The van der Waals surface area contributed by atoms with Crippen molar-refractivity contribution < 1.29 is 0 Å². The zero-order chi connectivity index (χ0) is 13.3. The molecule has 1 heterocycles. The lowest BCUT2D eigenvalue weighted by molar-refractivity contribution is 0.777. The molecular weight excluding hydrogens is 256 g/mol. The molecule has 0 aliphatic carbocycles. The van der Waals surface area contributed by atoms with E-state index in [2.05, 4.69) is 44.9 Å². The average Bonchev–Trinajstić information content (AvgIpc) is 2.46. The average molecular weight is 272 g/mol. The molecule has 2 rings (SSSR count). The third-order valence-corrected chi connectivity index (χ3v) is 2.81. The number of aryl methyl sites for hydroxylation is 1. The first kappa shape index (κ1) is 13.4. The minimum atomic E-state index is 0.517. The van der Waals surface area contributed by atoms with Gasteiger partial charge in [-0.1, -0.05) is 30.3 Å². The van der Waals surface area contributed by atoms with Gasteiger partial charge in [0.25, 0.3) is 0 Å². The lowest BCUT2D eigenvalue weighted by Gasteiger charge is -2.08. The predicted octanol–water partition coefficient (Wildman–Crippen LogP) is 2.40. The van der Waals surface area contributed by atoms with Gasteiger partial charge in [0.1, 0.15) is 0 Å². The Kier molecular flexibility index (Phi) is 5.25. The standard InChI is InChI=1S/C14H16N4S/c19-14(18-13-15-10-5-11-16-13)17-9-4-8-12-6-2-1-3-7-12/h1-3,5-7,10-11H,4,8-9H2,(H2,15,16,17,18,19). The van der Waals surface area contributed by atoms with Crippen molar-refractivity contribution in [2.24, 2.45) is 0 Å². The number of nitrogens with zero attached hydrogens (tertiary/aromatic N) is 2. The van der Waals surface area contributed by atoms with Gasteiger partial charge >= 0.3 is 0 Å². The Bertz CT molecular complexity index is 501. The smallest absolute Gasteiger partial charge is 0.228 e. The van der Waals surface area contributed by atoms with Gasteiger partial charge in [-0.2, -0.15) is 0 Å². The minimum absolute atomic E-state index is 0.517. The van der Waals surface area contributed by atoms with E-state index in [9.17, 15) is 0 Å². The molecule has 0 saturated carbocycles. The molecule has 5 heteroatoms. The SMILES string of the molecule is S=C(NCCCc1ccccc1)Nc1ncccn1. The van der Waals surface area contributed by atoms with Crippen LogP contribution in [0.4, 0.5) is 5.95 Å². The van der Waals surface area contributed by atoms with Crippen LogP contribution < -0.4 is 10.6 Å². The van der Waals surface area contributed by atoms with Crippen LogP contribution in [0.25, 0.3) is 0 Å². The molecule has 98 valence electrons. The van der Waals surface area contributed by atoms with Crippen LogP contribution in [0.1, 0.15) is 12.0 Å². The summed E-state index contributed by atoms with van der Waals surface area (Å²) in [5.41, 5.74) is 1.34. The molecule has 0 atom stereocenters. The maximum Gasteiger partial charge on any atom is 0.228 e. The predicted molar refractivity (Wildman–Crippen MR) is 81.0 cm³/mol. The fourth-order valence-corrected chi connectivity index (χ4v) is 1.84. The summed E-state index contributed by atoms with van der Waals surface area (Å²) in [5.74, 6) is 0.517. The summed E-state index contributed by atoms with van der Waals surface area (Å²) in [6, 6.07) is 12.2. The highest BCUT2D eigenvalue weighted by Gasteiger charge is 1.98. The van der Waals surface area contributed by atoms with Crippen molar-refractivity contribution in [3.63, 3.8) is 0 Å². The maximum absolute atomic E-state index is 5.16. The van der Waals surface area contributed by atoms with E-state index in [4.69, 9.17) is 12.2 Å². The van der Waals surface area contributed by atoms with Crippen molar-refractivity contribution in [2.45, 2.75) is 12.8 Å². The summed E-state index contributed by atoms with van der Waals surface area (Å²) in [5, 5.41) is 6.64. The van der Waals surface area contributed by atoms with Crippen molar-refractivity contribution in [1.29, 1.82) is 0 Å². The second kappa shape index (κ2) is 7.43. The van der Waals surface area contributed by atoms with E-state index in [1.54, 1.807) is 18.5 Å². The molecule has 0 unspecified atom stereocenters. The molecule has 0 aliphatic heterocycles. The van der Waals surface area contributed by atoms with Gasteiger partial charge < -0.3 is 10.6 Å². The van der Waals surface area contributed by atoms with E-state index >= 15 is 0 Å². The normalized spacial score (nSPS) is 9.89. The minimum Gasteiger partial charge on any atom is -0.362 e. The first-order valence-corrected chi connectivity index (χ1v) is 6.61. The van der Waals surface area contributed by atoms with Crippen molar-refractivity contribution in [1.82, 2.24) is 15.3 Å². The van der Waals surface area contributed by atoms with Gasteiger partial charge in [-0.3, -0.25) is 0 Å². The quantitative estimate of drug-likeness (QED) is 0.646. The lowest BCUT2D eigenvalue weighted by atomic mass is 10.1. The topological polar surface area (TPSA) is 49.8 Å². The monoisotopic (exact) mass is 272 g/mol. The van der Waals surface area contributed by atoms with Crippen LogP contribution in [0, 0.1) is 0 Å². The molecule has 0 aliphatic rings. The van der Waals surface area contributed by atoms with Crippen molar-refractivity contribution in [2.75, 3.05) is 11.9 Å². The number of hydrogen-bond donors (Lipinski definition) is 2. The van der Waals surface area contributed by atoms with E-state index in [-0.39, 0.29) is 0 Å². The number of rotatable bonds is 5. The molecule has 0 spiro atoms. The van der Waals surface area contributed by atoms with Crippen molar-refractivity contribution in [3.05, 3.63) is 54.4 Å². The Balaban J connectivity index is 1.65. The molecular formula is C14H16N4S. The number of thiocarbonyl (C=S) groups is 1. The summed E-state index contributed by atoms with van der Waals surface area (Å²) in [4.78, 5) is 8.09. The highest BCUT2D eigenvalue weighted by atomic mass is 32.1. The molecule has 1 aromatic carbocycles. The van der Waals surface area contributed by atoms with Gasteiger partial charge in [0.2, 0.25) is 5.95 Å². The fraction of sp³-hybridized carbons (Fsp3) is 0.214. The van der Waals surface area contributed by atoms with Crippen molar-refractivity contribution in [3.8, 4) is 0 Å². The molecule has 1 aromatic heterocycles. The number of hydrogen-bond acceptors (Lipinski definition) is 3. The number of benzene rings is 1. The molecule has 0 saturated heterocycles. The first-order valence-electron chi connectivity index (χ1n) is 6.20. The lowest BCUT2D eigenvalue weighted by Crippen LogP contribution is -2.30. The van der Waals surface area contributed by atoms with E-state index in [0.29, 0.717) is 11.1 Å². The van der Waals surface area contributed by atoms with Gasteiger partial charge in [-0.25, -0.2) is 9.97 Å². The Morgan fingerprint density at radius 3 is 2.53 bits per heavy atom. The first-order chi connectivity index (χ1) is 9.34. The molecule has 0 bridgehead atoms. The number of anilines is 1. The summed E-state index contributed by atoms with van der Waals surface area (Å²) in [6.45, 7) is 0.827. The van der Waals surface area contributed by atoms with Gasteiger partial charge in [0, 0.05) is 18.9 Å². The van der Waals surface area contributed by atoms with Crippen molar-refractivity contribution >= 4 is 23.3 Å². The van der Waals surface area contributed by atoms with Crippen LogP contribution in [0.2, 0.25) is 0 Å². The molecule has 2 aromatic rings. The van der Waals surface area contributed by atoms with Gasteiger partial charge in [-0.15, -0.1) is 0 Å². The zero-order valence-corrected chi connectivity index (χ0v) is 11.4. The molecule has 0 amide bonds. The molecule has 2 N–H and O–H groups in total. The van der Waals surface area contributed by atoms with Crippen LogP contribution in [0.3, 0.4) is 0 Å². The third kappa shape index (κ3) is 5.01. The maximum atomic E-state index is 5.16. The largest absolute Gasteiger partial charge is 0.362 e. The Morgan fingerprint density at radius 2 is 1.79 bits per heavy atom. The van der Waals surface area contributed by atoms with Crippen LogP contribution in [-0.2, 0) is 6.42 Å². The Labute approximate surface area is 118 Å². The third-order valence-electron chi connectivity index (χ3n) is 2.56. The molecule has 4 nitrogen and oxygen atoms in total.